The summed E-state index contributed by atoms with van der Waals surface area (Å²) in [5, 5.41) is 5.25. The van der Waals surface area contributed by atoms with Crippen molar-refractivity contribution in [1.82, 2.24) is 10.1 Å². The highest BCUT2D eigenvalue weighted by Gasteiger charge is 2.37. The van der Waals surface area contributed by atoms with Gasteiger partial charge in [-0.3, -0.25) is 4.90 Å². The maximum Gasteiger partial charge on any atom is 0.330 e. The van der Waals surface area contributed by atoms with Crippen LogP contribution in [0, 0.1) is 0 Å². The lowest BCUT2D eigenvalue weighted by molar-refractivity contribution is -0.913. The Kier molecular flexibility index (Phi) is 8.15. The number of aromatic nitrogens is 1. The average Bonchev–Trinajstić information content (AvgIpc) is 2.97. The van der Waals surface area contributed by atoms with Gasteiger partial charge >= 0.3 is 5.97 Å². The molecule has 2 aliphatic rings. The Labute approximate surface area is 196 Å². The van der Waals surface area contributed by atoms with Gasteiger partial charge in [-0.2, -0.15) is 0 Å². The number of hydrogen-bond acceptors (Lipinski definition) is 5. The Morgan fingerprint density at radius 1 is 1.20 bits per heavy atom. The number of ether oxygens (including phenoxy) is 1. The van der Waals surface area contributed by atoms with Gasteiger partial charge in [-0.1, -0.05) is 30.1 Å². The molecule has 1 aromatic heterocycles. The molecule has 166 valence electrons. The molecule has 3 heterocycles. The molecule has 1 unspecified atom stereocenters. The number of piperidine rings is 1. The predicted molar refractivity (Wildman–Crippen MR) is 112 cm³/mol. The fourth-order valence-electron chi connectivity index (χ4n) is 4.72. The van der Waals surface area contributed by atoms with Gasteiger partial charge in [0.15, 0.2) is 11.6 Å². The number of nitrogens with zero attached hydrogens (tertiary/aromatic N) is 3. The van der Waals surface area contributed by atoms with E-state index in [1.54, 1.807) is 0 Å². The molecule has 4 rings (SSSR count). The van der Waals surface area contributed by atoms with Crippen LogP contribution in [-0.4, -0.2) is 66.4 Å². The van der Waals surface area contributed by atoms with Gasteiger partial charge in [0.25, 0.3) is 0 Å². The zero-order valence-electron chi connectivity index (χ0n) is 18.2. The van der Waals surface area contributed by atoms with Gasteiger partial charge in [-0.05, 0) is 45.0 Å². The first-order valence-corrected chi connectivity index (χ1v) is 11.2. The topological polar surface area (TPSA) is 55.6 Å². The minimum absolute atomic E-state index is 0. The Morgan fingerprint density at radius 2 is 1.87 bits per heavy atom. The van der Waals surface area contributed by atoms with Crippen molar-refractivity contribution >= 4 is 16.9 Å². The van der Waals surface area contributed by atoms with E-state index in [9.17, 15) is 4.79 Å². The van der Waals surface area contributed by atoms with Gasteiger partial charge in [-0.15, -0.1) is 0 Å². The molecule has 2 aromatic rings. The molecular weight excluding hydrogens is 493 g/mol. The summed E-state index contributed by atoms with van der Waals surface area (Å²) in [6.45, 7) is 7.29. The van der Waals surface area contributed by atoms with Crippen molar-refractivity contribution < 1.29 is 42.5 Å². The molecule has 0 radical (unpaired) electrons. The van der Waals surface area contributed by atoms with Crippen LogP contribution in [-0.2, 0) is 9.53 Å². The Hall–Kier alpha value is -1.19. The van der Waals surface area contributed by atoms with Crippen molar-refractivity contribution in [3.8, 4) is 0 Å². The number of carbonyl (C=O) groups excluding carboxylic acids is 1. The molecule has 0 bridgehead atoms. The van der Waals surface area contributed by atoms with Crippen LogP contribution in [0.2, 0.25) is 0 Å². The smallest absolute Gasteiger partial charge is 0.330 e. The number of para-hydroxylation sites is 1. The van der Waals surface area contributed by atoms with E-state index in [-0.39, 0.29) is 36.0 Å². The Balaban J connectivity index is 0.00000256. The molecule has 0 N–H and O–H groups in total. The van der Waals surface area contributed by atoms with Crippen molar-refractivity contribution in [1.29, 1.82) is 0 Å². The number of quaternary nitrogens is 1. The fourth-order valence-corrected chi connectivity index (χ4v) is 4.72. The highest BCUT2D eigenvalue weighted by atomic mass is 127. The molecule has 0 aliphatic carbocycles. The third kappa shape index (κ3) is 5.16. The van der Waals surface area contributed by atoms with E-state index in [2.05, 4.69) is 24.0 Å². The van der Waals surface area contributed by atoms with Crippen LogP contribution in [0.25, 0.3) is 11.0 Å². The lowest BCUT2D eigenvalue weighted by atomic mass is 10.0. The van der Waals surface area contributed by atoms with Crippen molar-refractivity contribution in [3.05, 3.63) is 30.0 Å². The van der Waals surface area contributed by atoms with Crippen molar-refractivity contribution in [2.45, 2.75) is 57.6 Å². The molecule has 0 saturated carbocycles. The third-order valence-electron chi connectivity index (χ3n) is 6.92. The van der Waals surface area contributed by atoms with E-state index < -0.39 is 6.04 Å². The van der Waals surface area contributed by atoms with Crippen LogP contribution in [0.3, 0.4) is 0 Å². The minimum Gasteiger partial charge on any atom is -1.00 e. The van der Waals surface area contributed by atoms with Gasteiger partial charge < -0.3 is 37.7 Å². The van der Waals surface area contributed by atoms with Crippen molar-refractivity contribution in [3.63, 3.8) is 0 Å². The zero-order chi connectivity index (χ0) is 20.3. The first-order chi connectivity index (χ1) is 14.1. The molecule has 6 nitrogen and oxygen atoms in total. The lowest BCUT2D eigenvalue weighted by Crippen LogP contribution is -3.00. The standard InChI is InChI=1S/C23H34N3O3.HI/c1-3-26(2)16-12-18(13-17-26)28-23(27)22(25-14-8-4-5-9-15-25)21-19-10-6-7-11-20(19)29-24-21;/h6-7,10-11,18,22H,3-5,8-9,12-17H2,1-2H3;1H/q+1;/p-1. The monoisotopic (exact) mass is 527 g/mol. The number of fused-ring (bicyclic) bond motifs is 1. The lowest BCUT2D eigenvalue weighted by Gasteiger charge is -2.40. The number of benzene rings is 1. The summed E-state index contributed by atoms with van der Waals surface area (Å²) in [6, 6.07) is 7.32. The summed E-state index contributed by atoms with van der Waals surface area (Å²) in [4.78, 5) is 15.7. The maximum atomic E-state index is 13.4. The van der Waals surface area contributed by atoms with E-state index >= 15 is 0 Å². The first-order valence-electron chi connectivity index (χ1n) is 11.2. The highest BCUT2D eigenvalue weighted by Crippen LogP contribution is 2.32. The molecule has 1 atom stereocenters. The predicted octanol–water partition coefficient (Wildman–Crippen LogP) is 0.921. The van der Waals surface area contributed by atoms with Crippen molar-refractivity contribution in [2.24, 2.45) is 0 Å². The number of carbonyl (C=O) groups is 1. The number of rotatable bonds is 5. The Morgan fingerprint density at radius 3 is 2.53 bits per heavy atom. The second-order valence-corrected chi connectivity index (χ2v) is 8.94. The van der Waals surface area contributed by atoms with Crippen LogP contribution in [0.1, 0.15) is 57.2 Å². The quantitative estimate of drug-likeness (QED) is 0.329. The van der Waals surface area contributed by atoms with E-state index in [4.69, 9.17) is 9.26 Å². The molecular formula is C23H34IN3O3. The molecule has 2 aliphatic heterocycles. The molecule has 1 aromatic carbocycles. The molecule has 7 heteroatoms. The third-order valence-corrected chi connectivity index (χ3v) is 6.92. The second kappa shape index (κ2) is 10.4. The van der Waals surface area contributed by atoms with Gasteiger partial charge in [0.2, 0.25) is 0 Å². The number of hydrogen-bond donors (Lipinski definition) is 0. The first kappa shape index (κ1) is 23.5. The molecule has 30 heavy (non-hydrogen) atoms. The largest absolute Gasteiger partial charge is 1.00 e. The van der Waals surface area contributed by atoms with E-state index in [0.29, 0.717) is 5.69 Å². The van der Waals surface area contributed by atoms with Gasteiger partial charge in [0, 0.05) is 18.2 Å². The van der Waals surface area contributed by atoms with E-state index in [1.165, 1.54) is 12.8 Å². The number of likely N-dealkylation sites (tertiary alicyclic amines) is 2. The average molecular weight is 527 g/mol. The van der Waals surface area contributed by atoms with Crippen LogP contribution in [0.4, 0.5) is 0 Å². The fraction of sp³-hybridized carbons (Fsp3) is 0.652. The summed E-state index contributed by atoms with van der Waals surface area (Å²) in [7, 11) is 2.29. The minimum atomic E-state index is -0.481. The van der Waals surface area contributed by atoms with Crippen LogP contribution in [0.5, 0.6) is 0 Å². The summed E-state index contributed by atoms with van der Waals surface area (Å²) in [5.74, 6) is -0.163. The summed E-state index contributed by atoms with van der Waals surface area (Å²) in [5.41, 5.74) is 1.43. The molecule has 2 saturated heterocycles. The van der Waals surface area contributed by atoms with Crippen LogP contribution in [0.15, 0.2) is 28.8 Å². The molecule has 0 amide bonds. The Bertz CT molecular complexity index is 824. The maximum absolute atomic E-state index is 13.4. The summed E-state index contributed by atoms with van der Waals surface area (Å²) < 4.78 is 12.7. The SMILES string of the molecule is CC[N+]1(C)CCC(OC(=O)C(c2noc3ccccc23)N2CCCCCC2)CC1.[I-]. The number of halogens is 1. The van der Waals surface area contributed by atoms with Gasteiger partial charge in [0.1, 0.15) is 11.8 Å². The van der Waals surface area contributed by atoms with Crippen LogP contribution < -0.4 is 24.0 Å². The summed E-state index contributed by atoms with van der Waals surface area (Å²) >= 11 is 0. The van der Waals surface area contributed by atoms with Gasteiger partial charge in [0.05, 0.1) is 26.7 Å². The van der Waals surface area contributed by atoms with Crippen LogP contribution >= 0.6 is 0 Å². The van der Waals surface area contributed by atoms with E-state index in [1.807, 2.05) is 24.3 Å². The van der Waals surface area contributed by atoms with Gasteiger partial charge in [-0.25, -0.2) is 4.79 Å². The summed E-state index contributed by atoms with van der Waals surface area (Å²) in [6.07, 6.45) is 6.52. The van der Waals surface area contributed by atoms with E-state index in [0.717, 1.165) is 73.9 Å². The zero-order valence-corrected chi connectivity index (χ0v) is 20.3. The number of esters is 1. The van der Waals surface area contributed by atoms with Crippen molar-refractivity contribution in [2.75, 3.05) is 39.8 Å². The molecule has 0 spiro atoms. The second-order valence-electron chi connectivity index (χ2n) is 8.94. The highest BCUT2D eigenvalue weighted by molar-refractivity contribution is 5.87. The molecule has 2 fully saturated rings. The normalized spacial score (nSPS) is 26.5.